The molecule has 26 heavy (non-hydrogen) atoms. The van der Waals surface area contributed by atoms with Crippen molar-refractivity contribution in [2.75, 3.05) is 7.05 Å². The first-order valence-electron chi connectivity index (χ1n) is 7.59. The Morgan fingerprint density at radius 3 is 2.88 bits per heavy atom. The molecule has 2 aromatic heterocycles. The molecule has 0 aliphatic heterocycles. The lowest BCUT2D eigenvalue weighted by Crippen LogP contribution is -2.35. The van der Waals surface area contributed by atoms with E-state index in [2.05, 4.69) is 25.9 Å². The number of benzene rings is 1. The van der Waals surface area contributed by atoms with Crippen LogP contribution in [0.1, 0.15) is 17.5 Å². The number of amides is 1. The van der Waals surface area contributed by atoms with Gasteiger partial charge in [-0.3, -0.25) is 9.48 Å². The number of nitrogens with zero attached hydrogens (tertiary/aromatic N) is 4. The molecule has 0 saturated heterocycles. The molecular weight excluding hydrogens is 379 g/mol. The number of carbonyl (C=O) groups is 1. The van der Waals surface area contributed by atoms with Crippen LogP contribution in [0.5, 0.6) is 0 Å². The summed E-state index contributed by atoms with van der Waals surface area (Å²) in [6.45, 7) is 0.130. The van der Waals surface area contributed by atoms with Crippen molar-refractivity contribution in [1.29, 1.82) is 0 Å². The van der Waals surface area contributed by atoms with Crippen LogP contribution in [-0.4, -0.2) is 32.9 Å². The maximum Gasteiger partial charge on any atom is 0.246 e. The molecule has 0 aliphatic carbocycles. The minimum absolute atomic E-state index is 0. The summed E-state index contributed by atoms with van der Waals surface area (Å²) in [6.07, 6.45) is 3.43. The number of aromatic nitrogens is 4. The van der Waals surface area contributed by atoms with E-state index >= 15 is 0 Å². The molecule has 0 spiro atoms. The number of hydrogen-bond acceptors (Lipinski definition) is 6. The van der Waals surface area contributed by atoms with Gasteiger partial charge < -0.3 is 15.2 Å². The summed E-state index contributed by atoms with van der Waals surface area (Å²) < 4.78 is 6.82. The molecule has 1 unspecified atom stereocenters. The summed E-state index contributed by atoms with van der Waals surface area (Å²) in [5.74, 6) is 0.520. The van der Waals surface area contributed by atoms with Gasteiger partial charge in [0.15, 0.2) is 0 Å². The molecule has 2 heterocycles. The first kappa shape index (κ1) is 19.9. The van der Waals surface area contributed by atoms with Gasteiger partial charge in [0.25, 0.3) is 0 Å². The predicted octanol–water partition coefficient (Wildman–Crippen LogP) is 2.12. The van der Waals surface area contributed by atoms with Crippen LogP contribution < -0.4 is 10.6 Å². The maximum atomic E-state index is 12.4. The van der Waals surface area contributed by atoms with Crippen LogP contribution in [0.3, 0.4) is 0 Å². The highest BCUT2D eigenvalue weighted by atomic mass is 35.5. The monoisotopic (exact) mass is 396 g/mol. The van der Waals surface area contributed by atoms with Crippen molar-refractivity contribution < 1.29 is 9.32 Å². The second kappa shape index (κ2) is 8.79. The van der Waals surface area contributed by atoms with Crippen LogP contribution in [0.15, 0.2) is 41.2 Å². The number of carbonyl (C=O) groups excluding carboxylic acids is 1. The van der Waals surface area contributed by atoms with Crippen LogP contribution in [0, 0.1) is 0 Å². The quantitative estimate of drug-likeness (QED) is 0.661. The zero-order valence-corrected chi connectivity index (χ0v) is 15.7. The zero-order chi connectivity index (χ0) is 17.8. The van der Waals surface area contributed by atoms with Gasteiger partial charge in [-0.05, 0) is 19.2 Å². The van der Waals surface area contributed by atoms with E-state index in [4.69, 9.17) is 16.1 Å². The van der Waals surface area contributed by atoms with Crippen LogP contribution >= 0.6 is 24.0 Å². The first-order valence-corrected chi connectivity index (χ1v) is 7.96. The molecule has 0 bridgehead atoms. The molecule has 1 aromatic carbocycles. The van der Waals surface area contributed by atoms with Crippen LogP contribution in [0.25, 0.3) is 11.4 Å². The molecule has 0 saturated carbocycles. The van der Waals surface area contributed by atoms with Gasteiger partial charge in [0.1, 0.15) is 6.04 Å². The molecule has 1 atom stereocenters. The highest BCUT2D eigenvalue weighted by Crippen LogP contribution is 2.20. The molecule has 3 aromatic rings. The molecule has 10 heteroatoms. The van der Waals surface area contributed by atoms with Crippen LogP contribution in [0.2, 0.25) is 5.02 Å². The molecular formula is C16H18Cl2N6O2. The number of likely N-dealkylation sites (N-methyl/N-ethyl adjacent to an activating group) is 1. The Balaban J connectivity index is 0.00000243. The molecule has 2 N–H and O–H groups in total. The number of aryl methyl sites for hydroxylation is 1. The van der Waals surface area contributed by atoms with Crippen molar-refractivity contribution in [1.82, 2.24) is 30.6 Å². The van der Waals surface area contributed by atoms with Gasteiger partial charge in [0.2, 0.25) is 17.6 Å². The smallest absolute Gasteiger partial charge is 0.246 e. The van der Waals surface area contributed by atoms with Crippen molar-refractivity contribution >= 4 is 29.9 Å². The van der Waals surface area contributed by atoms with Gasteiger partial charge in [0, 0.05) is 29.4 Å². The Kier molecular flexibility index (Phi) is 6.73. The molecule has 0 radical (unpaired) electrons. The normalized spacial score (nSPS) is 11.7. The van der Waals surface area contributed by atoms with E-state index in [-0.39, 0.29) is 24.9 Å². The Bertz CT molecular complexity index is 879. The zero-order valence-electron chi connectivity index (χ0n) is 14.1. The average Bonchev–Trinajstić information content (AvgIpc) is 3.23. The largest absolute Gasteiger partial charge is 0.345 e. The fourth-order valence-electron chi connectivity index (χ4n) is 2.37. The number of hydrogen-bond donors (Lipinski definition) is 2. The lowest BCUT2D eigenvalue weighted by atomic mass is 10.1. The van der Waals surface area contributed by atoms with Gasteiger partial charge in [-0.2, -0.15) is 10.1 Å². The van der Waals surface area contributed by atoms with E-state index in [0.29, 0.717) is 16.7 Å². The average molecular weight is 397 g/mol. The van der Waals surface area contributed by atoms with Crippen molar-refractivity contribution in [2.45, 2.75) is 12.6 Å². The van der Waals surface area contributed by atoms with Gasteiger partial charge in [-0.15, -0.1) is 12.4 Å². The molecule has 1 amide bonds. The minimum atomic E-state index is -0.510. The summed E-state index contributed by atoms with van der Waals surface area (Å²) in [6, 6.07) is 6.64. The minimum Gasteiger partial charge on any atom is -0.345 e. The predicted molar refractivity (Wildman–Crippen MR) is 98.8 cm³/mol. The van der Waals surface area contributed by atoms with Gasteiger partial charge >= 0.3 is 0 Å². The van der Waals surface area contributed by atoms with Gasteiger partial charge in [-0.1, -0.05) is 28.9 Å². The third kappa shape index (κ3) is 4.60. The van der Waals surface area contributed by atoms with E-state index in [1.165, 1.54) is 0 Å². The Morgan fingerprint density at radius 1 is 1.42 bits per heavy atom. The van der Waals surface area contributed by atoms with E-state index in [1.807, 2.05) is 6.07 Å². The molecule has 8 nitrogen and oxygen atoms in total. The number of halogens is 2. The Labute approximate surface area is 161 Å². The number of nitrogens with one attached hydrogen (secondary N) is 2. The molecule has 3 rings (SSSR count). The fraction of sp³-hybridized carbons (Fsp3) is 0.250. The van der Waals surface area contributed by atoms with Crippen LogP contribution in [-0.2, 0) is 18.4 Å². The maximum absolute atomic E-state index is 12.4. The standard InChI is InChI=1S/C16H17ClN6O2.ClH/c1-18-14(11-7-20-23(2)9-11)16(24)19-8-13-21-15(22-25-13)10-4-3-5-12(17)6-10;/h3-7,9,14,18H,8H2,1-2H3,(H,19,24);1H. The van der Waals surface area contributed by atoms with E-state index in [9.17, 15) is 4.79 Å². The topological polar surface area (TPSA) is 97.9 Å². The molecule has 138 valence electrons. The summed E-state index contributed by atoms with van der Waals surface area (Å²) >= 11 is 5.96. The van der Waals surface area contributed by atoms with E-state index in [0.717, 1.165) is 11.1 Å². The Morgan fingerprint density at radius 2 is 2.23 bits per heavy atom. The van der Waals surface area contributed by atoms with Crippen molar-refractivity contribution in [3.05, 3.63) is 53.1 Å². The first-order chi connectivity index (χ1) is 12.1. The van der Waals surface area contributed by atoms with E-state index < -0.39 is 6.04 Å². The third-order valence-electron chi connectivity index (χ3n) is 3.57. The lowest BCUT2D eigenvalue weighted by Gasteiger charge is -2.13. The third-order valence-corrected chi connectivity index (χ3v) is 3.81. The fourth-order valence-corrected chi connectivity index (χ4v) is 2.56. The number of rotatable bonds is 6. The van der Waals surface area contributed by atoms with Crippen molar-refractivity contribution in [3.63, 3.8) is 0 Å². The summed E-state index contributed by atoms with van der Waals surface area (Å²) in [4.78, 5) is 16.6. The van der Waals surface area contributed by atoms with Crippen LogP contribution in [0.4, 0.5) is 0 Å². The van der Waals surface area contributed by atoms with Gasteiger partial charge in [0.05, 0.1) is 12.7 Å². The highest BCUT2D eigenvalue weighted by Gasteiger charge is 2.20. The van der Waals surface area contributed by atoms with E-state index in [1.54, 1.807) is 49.4 Å². The highest BCUT2D eigenvalue weighted by molar-refractivity contribution is 6.30. The summed E-state index contributed by atoms with van der Waals surface area (Å²) in [7, 11) is 3.51. The molecule has 0 fully saturated rings. The lowest BCUT2D eigenvalue weighted by molar-refractivity contribution is -0.123. The second-order valence-corrected chi connectivity index (χ2v) is 5.85. The Hall–Kier alpha value is -2.42. The summed E-state index contributed by atoms with van der Waals surface area (Å²) in [5.41, 5.74) is 1.52. The molecule has 0 aliphatic rings. The van der Waals surface area contributed by atoms with Gasteiger partial charge in [-0.25, -0.2) is 0 Å². The SMILES string of the molecule is CNC(C(=O)NCc1nc(-c2cccc(Cl)c2)no1)c1cnn(C)c1.Cl. The second-order valence-electron chi connectivity index (χ2n) is 5.41. The van der Waals surface area contributed by atoms with Crippen molar-refractivity contribution in [3.8, 4) is 11.4 Å². The van der Waals surface area contributed by atoms with Crippen molar-refractivity contribution in [2.24, 2.45) is 7.05 Å². The summed E-state index contributed by atoms with van der Waals surface area (Å²) in [5, 5.41) is 14.3.